The summed E-state index contributed by atoms with van der Waals surface area (Å²) in [7, 11) is 0. The number of aromatic nitrogens is 3. The minimum Gasteiger partial charge on any atom is -0.265 e. The molecule has 0 radical (unpaired) electrons. The number of fused-ring (bicyclic) bond motifs is 2. The van der Waals surface area contributed by atoms with Crippen molar-refractivity contribution in [3.05, 3.63) is 140 Å². The van der Waals surface area contributed by atoms with Crippen molar-refractivity contribution in [3.63, 3.8) is 0 Å². The summed E-state index contributed by atoms with van der Waals surface area (Å²) in [6.07, 6.45) is -0.766. The molecular formula is C35H23N3. The van der Waals surface area contributed by atoms with Crippen LogP contribution in [0, 0.1) is 0 Å². The Balaban J connectivity index is 1.42. The molecule has 3 heteroatoms. The van der Waals surface area contributed by atoms with Crippen LogP contribution < -0.4 is 0 Å². The van der Waals surface area contributed by atoms with Crippen LogP contribution >= 0.6 is 0 Å². The molecule has 0 aliphatic heterocycles. The number of pyridine rings is 1. The Hall–Kier alpha value is -5.15. The predicted octanol–water partition coefficient (Wildman–Crippen LogP) is 8.85. The summed E-state index contributed by atoms with van der Waals surface area (Å²) in [5.41, 5.74) is 5.13. The summed E-state index contributed by atoms with van der Waals surface area (Å²) in [5, 5.41) is 4.49. The lowest BCUT2D eigenvalue weighted by molar-refractivity contribution is 1.18. The van der Waals surface area contributed by atoms with Crippen molar-refractivity contribution in [2.45, 2.75) is 0 Å². The number of rotatable bonds is 4. The van der Waals surface area contributed by atoms with Crippen LogP contribution in [0.2, 0.25) is 0 Å². The molecule has 0 unspecified atom stereocenters. The molecule has 38 heavy (non-hydrogen) atoms. The van der Waals surface area contributed by atoms with E-state index in [4.69, 9.17) is 15.5 Å². The van der Waals surface area contributed by atoms with Crippen LogP contribution in [0.3, 0.4) is 0 Å². The fourth-order valence-electron chi connectivity index (χ4n) is 4.76. The lowest BCUT2D eigenvalue weighted by atomic mass is 9.99. The van der Waals surface area contributed by atoms with Gasteiger partial charge in [0.15, 0.2) is 5.82 Å². The highest BCUT2D eigenvalue weighted by Crippen LogP contribution is 2.31. The van der Waals surface area contributed by atoms with Gasteiger partial charge >= 0.3 is 0 Å². The summed E-state index contributed by atoms with van der Waals surface area (Å²) in [6, 6.07) is 38.3. The number of hydrogen-bond acceptors (Lipinski definition) is 3. The van der Waals surface area contributed by atoms with Crippen molar-refractivity contribution in [2.24, 2.45) is 0 Å². The van der Waals surface area contributed by atoms with Gasteiger partial charge in [-0.1, -0.05) is 91.0 Å². The first-order chi connectivity index (χ1) is 20.4. The molecule has 0 fully saturated rings. The molecule has 0 N–H and O–H groups in total. The third-order valence-corrected chi connectivity index (χ3v) is 6.71. The zero-order valence-electron chi connectivity index (χ0n) is 24.3. The van der Waals surface area contributed by atoms with Gasteiger partial charge in [-0.15, -0.1) is 0 Å². The van der Waals surface area contributed by atoms with Crippen LogP contribution in [0.5, 0.6) is 0 Å². The van der Waals surface area contributed by atoms with E-state index in [0.29, 0.717) is 11.4 Å². The Morgan fingerprint density at radius 2 is 0.974 bits per heavy atom. The first kappa shape index (κ1) is 18.1. The van der Waals surface area contributed by atoms with Gasteiger partial charge < -0.3 is 0 Å². The van der Waals surface area contributed by atoms with Gasteiger partial charge in [-0.05, 0) is 69.0 Å². The van der Waals surface area contributed by atoms with E-state index < -0.39 is 0 Å². The van der Waals surface area contributed by atoms with Crippen LogP contribution in [-0.4, -0.2) is 15.0 Å². The van der Waals surface area contributed by atoms with Gasteiger partial charge in [0.1, 0.15) is 0 Å². The quantitative estimate of drug-likeness (QED) is 0.232. The van der Waals surface area contributed by atoms with E-state index in [1.807, 2.05) is 66.7 Å². The number of nitrogens with zero attached hydrogens (tertiary/aromatic N) is 3. The first-order valence-electron chi connectivity index (χ1n) is 14.4. The van der Waals surface area contributed by atoms with Crippen LogP contribution in [0.25, 0.3) is 66.6 Å². The highest BCUT2D eigenvalue weighted by molar-refractivity contribution is 5.99. The zero-order chi connectivity index (χ0) is 28.8. The third-order valence-electron chi connectivity index (χ3n) is 6.71. The molecule has 2 heterocycles. The second-order valence-electron chi connectivity index (χ2n) is 9.13. The lowest BCUT2D eigenvalue weighted by Crippen LogP contribution is -1.96. The second-order valence-corrected chi connectivity index (χ2v) is 9.13. The Bertz CT molecular complexity index is 2100. The largest absolute Gasteiger partial charge is 0.265 e. The fourth-order valence-corrected chi connectivity index (χ4v) is 4.76. The summed E-state index contributed by atoms with van der Waals surface area (Å²) < 4.78 is 33.2. The van der Waals surface area contributed by atoms with E-state index in [1.165, 1.54) is 5.39 Å². The van der Waals surface area contributed by atoms with Crippen molar-refractivity contribution in [1.82, 2.24) is 15.0 Å². The average molecular weight is 490 g/mol. The molecule has 0 amide bonds. The molecule has 178 valence electrons. The maximum Gasteiger partial charge on any atom is 0.160 e. The highest BCUT2D eigenvalue weighted by Gasteiger charge is 2.12. The summed E-state index contributed by atoms with van der Waals surface area (Å²) in [4.78, 5) is 13.3. The molecule has 2 aromatic heterocycles. The lowest BCUT2D eigenvalue weighted by Gasteiger charge is -2.11. The van der Waals surface area contributed by atoms with Crippen molar-refractivity contribution >= 4 is 21.5 Å². The van der Waals surface area contributed by atoms with Gasteiger partial charge in [-0.25, -0.2) is 9.97 Å². The minimum absolute atomic E-state index is 0.0239. The summed E-state index contributed by atoms with van der Waals surface area (Å²) in [5.74, 6) is 0.118. The summed E-state index contributed by atoms with van der Waals surface area (Å²) >= 11 is 0. The number of hydrogen-bond donors (Lipinski definition) is 0. The van der Waals surface area contributed by atoms with Crippen LogP contribution in [0.15, 0.2) is 140 Å². The van der Waals surface area contributed by atoms with Crippen LogP contribution in [-0.2, 0) is 0 Å². The minimum atomic E-state index is -0.383. The molecule has 0 aliphatic rings. The normalized spacial score (nSPS) is 12.6. The first-order valence-corrected chi connectivity index (χ1v) is 12.4. The summed E-state index contributed by atoms with van der Waals surface area (Å²) in [6.45, 7) is 0. The van der Waals surface area contributed by atoms with E-state index in [9.17, 15) is 0 Å². The van der Waals surface area contributed by atoms with Gasteiger partial charge in [0.05, 0.1) is 16.9 Å². The molecule has 0 saturated heterocycles. The molecule has 0 bridgehead atoms. The predicted molar refractivity (Wildman–Crippen MR) is 157 cm³/mol. The van der Waals surface area contributed by atoms with Crippen molar-refractivity contribution in [1.29, 1.82) is 0 Å². The second kappa shape index (κ2) is 9.38. The zero-order valence-corrected chi connectivity index (χ0v) is 20.3. The molecule has 0 atom stereocenters. The highest BCUT2D eigenvalue weighted by atomic mass is 14.9. The maximum atomic E-state index is 8.50. The van der Waals surface area contributed by atoms with Gasteiger partial charge in [0.25, 0.3) is 0 Å². The Morgan fingerprint density at radius 3 is 1.71 bits per heavy atom. The molecular weight excluding hydrogens is 462 g/mol. The van der Waals surface area contributed by atoms with Crippen LogP contribution in [0.4, 0.5) is 0 Å². The molecule has 0 aliphatic carbocycles. The Labute approximate surface area is 226 Å². The molecule has 7 aromatic rings. The van der Waals surface area contributed by atoms with Gasteiger partial charge in [-0.2, -0.15) is 0 Å². The monoisotopic (exact) mass is 489 g/mol. The molecule has 5 aromatic carbocycles. The van der Waals surface area contributed by atoms with Gasteiger partial charge in [0.2, 0.25) is 0 Å². The van der Waals surface area contributed by atoms with Gasteiger partial charge in [-0.3, -0.25) is 4.98 Å². The van der Waals surface area contributed by atoms with Crippen molar-refractivity contribution in [2.75, 3.05) is 0 Å². The average Bonchev–Trinajstić information content (AvgIpc) is 3.03. The van der Waals surface area contributed by atoms with Crippen molar-refractivity contribution < 1.29 is 5.48 Å². The van der Waals surface area contributed by atoms with Gasteiger partial charge in [0, 0.05) is 29.0 Å². The van der Waals surface area contributed by atoms with E-state index in [1.54, 1.807) is 0 Å². The van der Waals surface area contributed by atoms with E-state index >= 15 is 0 Å². The fraction of sp³-hybridized carbons (Fsp3) is 0. The molecule has 7 rings (SSSR count). The molecule has 0 saturated carbocycles. The van der Waals surface area contributed by atoms with E-state index in [0.717, 1.165) is 38.4 Å². The molecule has 3 nitrogen and oxygen atoms in total. The van der Waals surface area contributed by atoms with Crippen LogP contribution in [0.1, 0.15) is 5.48 Å². The third kappa shape index (κ3) is 4.21. The van der Waals surface area contributed by atoms with E-state index in [2.05, 4.69) is 53.5 Å². The Kier molecular flexibility index (Phi) is 4.48. The SMILES string of the molecule is [2H]c1nc([2H])c([2H])c(-c2nc(-c3ccc(-c4ccccc4)cc3)cc(-c3ccc4cc5ccccc5cc4c3)n2)c1[2H]. The maximum absolute atomic E-state index is 8.50. The molecule has 0 spiro atoms. The van der Waals surface area contributed by atoms with E-state index in [-0.39, 0.29) is 35.8 Å². The topological polar surface area (TPSA) is 38.7 Å². The Morgan fingerprint density at radius 1 is 0.421 bits per heavy atom. The van der Waals surface area contributed by atoms with Crippen molar-refractivity contribution in [3.8, 4) is 45.0 Å². The standard InChI is InChI=1S/C35H23N3/c1-2-6-24(7-3-1)25-10-12-26(13-11-25)33-23-34(38-35(37-33)27-16-18-36-19-17-27)31-15-14-30-20-28-8-4-5-9-29(28)21-32(30)22-31/h1-23H/i16D,17D,18D,19D. The smallest absolute Gasteiger partial charge is 0.160 e. The number of benzene rings is 5.